The quantitative estimate of drug-likeness (QED) is 0.717. The fourth-order valence-electron chi connectivity index (χ4n) is 2.58. The Labute approximate surface area is 147 Å². The lowest BCUT2D eigenvalue weighted by molar-refractivity contribution is -0.120. The molecule has 1 amide bonds. The summed E-state index contributed by atoms with van der Waals surface area (Å²) < 4.78 is 15.8. The second-order valence-corrected chi connectivity index (χ2v) is 5.74. The van der Waals surface area contributed by atoms with E-state index in [1.807, 2.05) is 42.5 Å². The number of hydrogen-bond donors (Lipinski definition) is 2. The van der Waals surface area contributed by atoms with E-state index < -0.39 is 0 Å². The van der Waals surface area contributed by atoms with Crippen LogP contribution in [0.25, 0.3) is 0 Å². The molecule has 132 valence electrons. The molecule has 1 aliphatic heterocycles. The first-order valence-electron chi connectivity index (χ1n) is 8.23. The van der Waals surface area contributed by atoms with Gasteiger partial charge >= 0.3 is 0 Å². The third-order valence-electron chi connectivity index (χ3n) is 3.94. The lowest BCUT2D eigenvalue weighted by Crippen LogP contribution is -2.34. The molecule has 3 rings (SSSR count). The van der Waals surface area contributed by atoms with Gasteiger partial charge in [-0.2, -0.15) is 0 Å². The number of benzene rings is 2. The summed E-state index contributed by atoms with van der Waals surface area (Å²) in [4.78, 5) is 11.9. The SMILES string of the molecule is COc1cccc(CCNCC(=O)NCc2ccc3c(c2)OCO3)c1. The molecule has 0 aliphatic carbocycles. The van der Waals surface area contributed by atoms with Crippen molar-refractivity contribution >= 4 is 5.91 Å². The summed E-state index contributed by atoms with van der Waals surface area (Å²) >= 11 is 0. The summed E-state index contributed by atoms with van der Waals surface area (Å²) in [6.45, 7) is 1.73. The third kappa shape index (κ3) is 4.87. The van der Waals surface area contributed by atoms with Crippen molar-refractivity contribution in [2.45, 2.75) is 13.0 Å². The van der Waals surface area contributed by atoms with E-state index in [1.165, 1.54) is 5.56 Å². The van der Waals surface area contributed by atoms with Gasteiger partial charge in [0, 0.05) is 6.54 Å². The normalized spacial score (nSPS) is 12.0. The monoisotopic (exact) mass is 342 g/mol. The number of carbonyl (C=O) groups excluding carboxylic acids is 1. The smallest absolute Gasteiger partial charge is 0.234 e. The van der Waals surface area contributed by atoms with Crippen LogP contribution in [0.5, 0.6) is 17.2 Å². The maximum Gasteiger partial charge on any atom is 0.234 e. The zero-order valence-electron chi connectivity index (χ0n) is 14.2. The van der Waals surface area contributed by atoms with Crippen LogP contribution in [0.1, 0.15) is 11.1 Å². The summed E-state index contributed by atoms with van der Waals surface area (Å²) in [6, 6.07) is 13.6. The van der Waals surface area contributed by atoms with Crippen LogP contribution in [0, 0.1) is 0 Å². The molecule has 6 nitrogen and oxygen atoms in total. The minimum atomic E-state index is -0.0386. The van der Waals surface area contributed by atoms with Gasteiger partial charge in [0.15, 0.2) is 11.5 Å². The number of rotatable bonds is 8. The fourth-order valence-corrected chi connectivity index (χ4v) is 2.58. The van der Waals surface area contributed by atoms with Crippen molar-refractivity contribution in [1.29, 1.82) is 0 Å². The number of amides is 1. The van der Waals surface area contributed by atoms with Crippen LogP contribution in [0.2, 0.25) is 0 Å². The molecule has 0 fully saturated rings. The lowest BCUT2D eigenvalue weighted by Gasteiger charge is -2.08. The Balaban J connectivity index is 1.35. The minimum Gasteiger partial charge on any atom is -0.497 e. The van der Waals surface area contributed by atoms with Gasteiger partial charge in [-0.3, -0.25) is 4.79 Å². The molecule has 2 aromatic rings. The van der Waals surface area contributed by atoms with Crippen molar-refractivity contribution in [1.82, 2.24) is 10.6 Å². The number of ether oxygens (including phenoxy) is 3. The summed E-state index contributed by atoms with van der Waals surface area (Å²) in [7, 11) is 1.65. The number of fused-ring (bicyclic) bond motifs is 1. The highest BCUT2D eigenvalue weighted by Crippen LogP contribution is 2.32. The average Bonchev–Trinajstić information content (AvgIpc) is 3.11. The molecule has 0 saturated heterocycles. The standard InChI is InChI=1S/C19H22N2O4/c1-23-16-4-2-3-14(9-16)7-8-20-12-19(22)21-11-15-5-6-17-18(10-15)25-13-24-17/h2-6,9-10,20H,7-8,11-13H2,1H3,(H,21,22). The van der Waals surface area contributed by atoms with Crippen LogP contribution < -0.4 is 24.8 Å². The molecular formula is C19H22N2O4. The molecular weight excluding hydrogens is 320 g/mol. The van der Waals surface area contributed by atoms with Crippen LogP contribution in [0.3, 0.4) is 0 Å². The molecule has 0 saturated carbocycles. The van der Waals surface area contributed by atoms with Crippen LogP contribution in [-0.2, 0) is 17.8 Å². The van der Waals surface area contributed by atoms with Gasteiger partial charge in [0.1, 0.15) is 5.75 Å². The summed E-state index contributed by atoms with van der Waals surface area (Å²) in [5.74, 6) is 2.28. The second-order valence-electron chi connectivity index (χ2n) is 5.74. The van der Waals surface area contributed by atoms with Gasteiger partial charge in [-0.05, 0) is 48.4 Å². The average molecular weight is 342 g/mol. The Morgan fingerprint density at radius 2 is 2.00 bits per heavy atom. The van der Waals surface area contributed by atoms with Gasteiger partial charge in [-0.1, -0.05) is 18.2 Å². The summed E-state index contributed by atoms with van der Waals surface area (Å²) in [5.41, 5.74) is 2.15. The van der Waals surface area contributed by atoms with E-state index in [9.17, 15) is 4.79 Å². The fraction of sp³-hybridized carbons (Fsp3) is 0.316. The predicted octanol–water partition coefficient (Wildman–Crippen LogP) is 1.87. The van der Waals surface area contributed by atoms with Crippen LogP contribution in [0.15, 0.2) is 42.5 Å². The zero-order valence-corrected chi connectivity index (χ0v) is 14.2. The van der Waals surface area contributed by atoms with E-state index in [4.69, 9.17) is 14.2 Å². The molecule has 0 aromatic heterocycles. The van der Waals surface area contributed by atoms with E-state index in [0.717, 1.165) is 35.8 Å². The first-order chi connectivity index (χ1) is 12.2. The molecule has 6 heteroatoms. The molecule has 0 atom stereocenters. The maximum atomic E-state index is 11.9. The van der Waals surface area contributed by atoms with Gasteiger partial charge in [0.25, 0.3) is 0 Å². The third-order valence-corrected chi connectivity index (χ3v) is 3.94. The molecule has 25 heavy (non-hydrogen) atoms. The second kappa shape index (κ2) is 8.39. The highest BCUT2D eigenvalue weighted by atomic mass is 16.7. The van der Waals surface area contributed by atoms with E-state index in [2.05, 4.69) is 10.6 Å². The topological polar surface area (TPSA) is 68.8 Å². The van der Waals surface area contributed by atoms with E-state index >= 15 is 0 Å². The minimum absolute atomic E-state index is 0.0386. The first-order valence-corrected chi connectivity index (χ1v) is 8.23. The summed E-state index contributed by atoms with van der Waals surface area (Å²) in [6.07, 6.45) is 0.840. The van der Waals surface area contributed by atoms with E-state index in [-0.39, 0.29) is 19.2 Å². The van der Waals surface area contributed by atoms with Crippen molar-refractivity contribution in [3.05, 3.63) is 53.6 Å². The van der Waals surface area contributed by atoms with Crippen LogP contribution >= 0.6 is 0 Å². The van der Waals surface area contributed by atoms with Crippen LogP contribution in [-0.4, -0.2) is 32.9 Å². The molecule has 0 unspecified atom stereocenters. The van der Waals surface area contributed by atoms with Crippen molar-refractivity contribution in [2.75, 3.05) is 27.0 Å². The van der Waals surface area contributed by atoms with Crippen molar-refractivity contribution in [3.8, 4) is 17.2 Å². The van der Waals surface area contributed by atoms with Crippen molar-refractivity contribution < 1.29 is 19.0 Å². The molecule has 2 aromatic carbocycles. The Bertz CT molecular complexity index is 733. The molecule has 1 heterocycles. The molecule has 1 aliphatic rings. The number of methoxy groups -OCH3 is 1. The predicted molar refractivity (Wildman–Crippen MR) is 94.0 cm³/mol. The molecule has 2 N–H and O–H groups in total. The Hall–Kier alpha value is -2.73. The Kier molecular flexibility index (Phi) is 5.74. The van der Waals surface area contributed by atoms with Crippen molar-refractivity contribution in [2.24, 2.45) is 0 Å². The van der Waals surface area contributed by atoms with Gasteiger partial charge < -0.3 is 24.8 Å². The highest BCUT2D eigenvalue weighted by Gasteiger charge is 2.13. The number of nitrogens with one attached hydrogen (secondary N) is 2. The number of hydrogen-bond acceptors (Lipinski definition) is 5. The van der Waals surface area contributed by atoms with Gasteiger partial charge in [0.05, 0.1) is 13.7 Å². The van der Waals surface area contributed by atoms with Gasteiger partial charge in [-0.25, -0.2) is 0 Å². The first kappa shape index (κ1) is 17.1. The highest BCUT2D eigenvalue weighted by molar-refractivity contribution is 5.78. The van der Waals surface area contributed by atoms with E-state index in [0.29, 0.717) is 6.54 Å². The largest absolute Gasteiger partial charge is 0.497 e. The lowest BCUT2D eigenvalue weighted by atomic mass is 10.1. The molecule has 0 radical (unpaired) electrons. The van der Waals surface area contributed by atoms with E-state index in [1.54, 1.807) is 7.11 Å². The molecule has 0 spiro atoms. The summed E-state index contributed by atoms with van der Waals surface area (Å²) in [5, 5.41) is 6.04. The van der Waals surface area contributed by atoms with Crippen molar-refractivity contribution in [3.63, 3.8) is 0 Å². The number of carbonyl (C=O) groups is 1. The van der Waals surface area contributed by atoms with Gasteiger partial charge in [-0.15, -0.1) is 0 Å². The van der Waals surface area contributed by atoms with Crippen LogP contribution in [0.4, 0.5) is 0 Å². The Morgan fingerprint density at radius 1 is 1.12 bits per heavy atom. The maximum absolute atomic E-state index is 11.9. The Morgan fingerprint density at radius 3 is 2.88 bits per heavy atom. The molecule has 0 bridgehead atoms. The zero-order chi connectivity index (χ0) is 17.5. The van der Waals surface area contributed by atoms with Gasteiger partial charge in [0.2, 0.25) is 12.7 Å².